The van der Waals surface area contributed by atoms with Crippen LogP contribution in [0.25, 0.3) is 0 Å². The molecule has 74 valence electrons. The Morgan fingerprint density at radius 2 is 2.46 bits per heavy atom. The first-order chi connectivity index (χ1) is 6.24. The maximum Gasteiger partial charge on any atom is 0.0798 e. The highest BCUT2D eigenvalue weighted by molar-refractivity contribution is 7.09. The van der Waals surface area contributed by atoms with Gasteiger partial charge in [0.25, 0.3) is 0 Å². The van der Waals surface area contributed by atoms with Gasteiger partial charge in [0.2, 0.25) is 0 Å². The Bertz CT molecular complexity index is 247. The van der Waals surface area contributed by atoms with Crippen molar-refractivity contribution in [3.05, 3.63) is 16.1 Å². The minimum atomic E-state index is 0.272. The number of hydrogen-bond acceptors (Lipinski definition) is 4. The van der Waals surface area contributed by atoms with E-state index in [-0.39, 0.29) is 6.04 Å². The maximum absolute atomic E-state index is 5.78. The lowest BCUT2D eigenvalue weighted by molar-refractivity contribution is 0.565. The summed E-state index contributed by atoms with van der Waals surface area (Å²) in [6.07, 6.45) is 1.02. The molecule has 0 aliphatic carbocycles. The van der Waals surface area contributed by atoms with Crippen molar-refractivity contribution < 1.29 is 0 Å². The Morgan fingerprint density at radius 1 is 1.69 bits per heavy atom. The SMILES string of the molecule is CCC(N)CNCc1scnc1C. The number of nitrogens with zero attached hydrogens (tertiary/aromatic N) is 1. The zero-order valence-corrected chi connectivity index (χ0v) is 9.03. The number of hydrogen-bond donors (Lipinski definition) is 2. The van der Waals surface area contributed by atoms with Crippen molar-refractivity contribution in [3.63, 3.8) is 0 Å². The van der Waals surface area contributed by atoms with Crippen LogP contribution in [-0.2, 0) is 6.54 Å². The molecular weight excluding hydrogens is 182 g/mol. The highest BCUT2D eigenvalue weighted by atomic mass is 32.1. The first kappa shape index (κ1) is 10.6. The fraction of sp³-hybridized carbons (Fsp3) is 0.667. The van der Waals surface area contributed by atoms with Crippen molar-refractivity contribution in [2.75, 3.05) is 6.54 Å². The van der Waals surface area contributed by atoms with Crippen LogP contribution in [0.15, 0.2) is 5.51 Å². The van der Waals surface area contributed by atoms with Gasteiger partial charge in [0.05, 0.1) is 11.2 Å². The van der Waals surface area contributed by atoms with Gasteiger partial charge in [-0.15, -0.1) is 11.3 Å². The molecule has 0 saturated heterocycles. The molecule has 1 rings (SSSR count). The summed E-state index contributed by atoms with van der Waals surface area (Å²) in [7, 11) is 0. The normalized spacial score (nSPS) is 13.2. The lowest BCUT2D eigenvalue weighted by Crippen LogP contribution is -2.32. The predicted molar refractivity (Wildman–Crippen MR) is 56.8 cm³/mol. The van der Waals surface area contributed by atoms with E-state index in [2.05, 4.69) is 17.2 Å². The standard InChI is InChI=1S/C9H17N3S/c1-3-8(10)4-11-5-9-7(2)12-6-13-9/h6,8,11H,3-5,10H2,1-2H3. The van der Waals surface area contributed by atoms with E-state index in [0.29, 0.717) is 0 Å². The van der Waals surface area contributed by atoms with E-state index in [4.69, 9.17) is 5.73 Å². The summed E-state index contributed by atoms with van der Waals surface area (Å²) in [4.78, 5) is 5.49. The predicted octanol–water partition coefficient (Wildman–Crippen LogP) is 1.28. The van der Waals surface area contributed by atoms with Crippen molar-refractivity contribution in [2.24, 2.45) is 5.73 Å². The van der Waals surface area contributed by atoms with Gasteiger partial charge in [-0.3, -0.25) is 0 Å². The van der Waals surface area contributed by atoms with Gasteiger partial charge in [-0.1, -0.05) is 6.92 Å². The molecule has 0 radical (unpaired) electrons. The molecule has 1 aromatic rings. The molecule has 0 spiro atoms. The second-order valence-corrected chi connectivity index (χ2v) is 4.10. The first-order valence-electron chi connectivity index (χ1n) is 4.59. The van der Waals surface area contributed by atoms with E-state index >= 15 is 0 Å². The van der Waals surface area contributed by atoms with Crippen LogP contribution in [-0.4, -0.2) is 17.6 Å². The summed E-state index contributed by atoms with van der Waals surface area (Å²) in [6.45, 7) is 5.91. The molecule has 3 nitrogen and oxygen atoms in total. The average Bonchev–Trinajstić information content (AvgIpc) is 2.52. The summed E-state index contributed by atoms with van der Waals surface area (Å²) >= 11 is 1.69. The van der Waals surface area contributed by atoms with Gasteiger partial charge >= 0.3 is 0 Å². The van der Waals surface area contributed by atoms with Crippen molar-refractivity contribution in [1.29, 1.82) is 0 Å². The Kier molecular flexibility index (Phi) is 4.35. The summed E-state index contributed by atoms with van der Waals surface area (Å²) < 4.78 is 0. The number of aromatic nitrogens is 1. The summed E-state index contributed by atoms with van der Waals surface area (Å²) in [5.74, 6) is 0. The molecule has 0 bridgehead atoms. The molecule has 1 aromatic heterocycles. The highest BCUT2D eigenvalue weighted by Gasteiger charge is 2.02. The van der Waals surface area contributed by atoms with Crippen LogP contribution in [0.2, 0.25) is 0 Å². The van der Waals surface area contributed by atoms with Crippen LogP contribution < -0.4 is 11.1 Å². The average molecular weight is 199 g/mol. The van der Waals surface area contributed by atoms with Gasteiger partial charge in [0.15, 0.2) is 0 Å². The van der Waals surface area contributed by atoms with E-state index in [1.165, 1.54) is 4.88 Å². The third-order valence-corrected chi connectivity index (χ3v) is 3.00. The molecule has 0 aliphatic rings. The van der Waals surface area contributed by atoms with E-state index in [1.54, 1.807) is 11.3 Å². The molecule has 3 N–H and O–H groups in total. The summed E-state index contributed by atoms with van der Waals surface area (Å²) in [5.41, 5.74) is 8.78. The van der Waals surface area contributed by atoms with Gasteiger partial charge in [0.1, 0.15) is 0 Å². The van der Waals surface area contributed by atoms with Gasteiger partial charge in [0, 0.05) is 24.0 Å². The molecule has 1 unspecified atom stereocenters. The van der Waals surface area contributed by atoms with Gasteiger partial charge in [-0.05, 0) is 13.3 Å². The Morgan fingerprint density at radius 3 is 3.00 bits per heavy atom. The molecule has 1 atom stereocenters. The van der Waals surface area contributed by atoms with E-state index < -0.39 is 0 Å². The molecule has 0 aromatic carbocycles. The largest absolute Gasteiger partial charge is 0.327 e. The molecule has 4 heteroatoms. The van der Waals surface area contributed by atoms with Crippen LogP contribution >= 0.6 is 11.3 Å². The second kappa shape index (κ2) is 5.32. The van der Waals surface area contributed by atoms with Crippen molar-refractivity contribution >= 4 is 11.3 Å². The maximum atomic E-state index is 5.78. The van der Waals surface area contributed by atoms with Gasteiger partial charge in [-0.2, -0.15) is 0 Å². The zero-order chi connectivity index (χ0) is 9.68. The van der Waals surface area contributed by atoms with Crippen molar-refractivity contribution in [1.82, 2.24) is 10.3 Å². The van der Waals surface area contributed by atoms with Crippen molar-refractivity contribution in [2.45, 2.75) is 32.9 Å². The quantitative estimate of drug-likeness (QED) is 0.751. The Labute approximate surface area is 83.4 Å². The summed E-state index contributed by atoms with van der Waals surface area (Å²) in [5, 5.41) is 3.32. The zero-order valence-electron chi connectivity index (χ0n) is 8.21. The molecule has 0 saturated carbocycles. The molecule has 13 heavy (non-hydrogen) atoms. The topological polar surface area (TPSA) is 50.9 Å². The highest BCUT2D eigenvalue weighted by Crippen LogP contribution is 2.10. The Hall–Kier alpha value is -0.450. The third-order valence-electron chi connectivity index (χ3n) is 2.06. The first-order valence-corrected chi connectivity index (χ1v) is 5.47. The van der Waals surface area contributed by atoms with E-state index in [0.717, 1.165) is 25.2 Å². The van der Waals surface area contributed by atoms with Gasteiger partial charge < -0.3 is 11.1 Å². The van der Waals surface area contributed by atoms with Gasteiger partial charge in [-0.25, -0.2) is 4.98 Å². The fourth-order valence-corrected chi connectivity index (χ4v) is 1.76. The summed E-state index contributed by atoms with van der Waals surface area (Å²) in [6, 6.07) is 0.272. The molecule has 0 aliphatic heterocycles. The monoisotopic (exact) mass is 199 g/mol. The minimum Gasteiger partial charge on any atom is -0.327 e. The third kappa shape index (κ3) is 3.42. The van der Waals surface area contributed by atoms with Crippen LogP contribution in [0.1, 0.15) is 23.9 Å². The number of aryl methyl sites for hydroxylation is 1. The molecule has 1 heterocycles. The second-order valence-electron chi connectivity index (χ2n) is 3.16. The Balaban J connectivity index is 2.24. The fourth-order valence-electron chi connectivity index (χ4n) is 1.01. The molecule has 0 fully saturated rings. The molecule has 0 amide bonds. The van der Waals surface area contributed by atoms with Crippen LogP contribution in [0.3, 0.4) is 0 Å². The van der Waals surface area contributed by atoms with Crippen LogP contribution in [0, 0.1) is 6.92 Å². The van der Waals surface area contributed by atoms with E-state index in [9.17, 15) is 0 Å². The minimum absolute atomic E-state index is 0.272. The smallest absolute Gasteiger partial charge is 0.0798 e. The van der Waals surface area contributed by atoms with Crippen molar-refractivity contribution in [3.8, 4) is 0 Å². The van der Waals surface area contributed by atoms with E-state index in [1.807, 2.05) is 12.4 Å². The number of nitrogens with one attached hydrogen (secondary N) is 1. The number of thiazole rings is 1. The van der Waals surface area contributed by atoms with Crippen LogP contribution in [0.4, 0.5) is 0 Å². The van der Waals surface area contributed by atoms with Crippen LogP contribution in [0.5, 0.6) is 0 Å². The number of nitrogens with two attached hydrogens (primary N) is 1. The lowest BCUT2D eigenvalue weighted by atomic mass is 10.2. The lowest BCUT2D eigenvalue weighted by Gasteiger charge is -2.09. The number of rotatable bonds is 5. The molecular formula is C9H17N3S.